The lowest BCUT2D eigenvalue weighted by Crippen LogP contribution is -2.34. The number of hydrogen-bond donors (Lipinski definition) is 1. The van der Waals surface area contributed by atoms with Crippen molar-refractivity contribution in [3.05, 3.63) is 29.3 Å². The molecule has 0 aromatic heterocycles. The second kappa shape index (κ2) is 7.81. The summed E-state index contributed by atoms with van der Waals surface area (Å²) in [6.07, 6.45) is 3.49. The van der Waals surface area contributed by atoms with E-state index in [4.69, 9.17) is 4.74 Å². The third kappa shape index (κ3) is 4.45. The lowest BCUT2D eigenvalue weighted by atomic mass is 9.95. The molecule has 2 rings (SSSR count). The summed E-state index contributed by atoms with van der Waals surface area (Å²) >= 11 is 0. The van der Waals surface area contributed by atoms with E-state index in [1.807, 2.05) is 26.0 Å². The molecular formula is C18H29NO2. The maximum absolute atomic E-state index is 9.80. The predicted octanol–water partition coefficient (Wildman–Crippen LogP) is 3.76. The summed E-state index contributed by atoms with van der Waals surface area (Å²) in [5.41, 5.74) is 2.17. The zero-order valence-electron chi connectivity index (χ0n) is 13.6. The molecule has 1 saturated heterocycles. The minimum absolute atomic E-state index is 0.427. The molecule has 0 aliphatic carbocycles. The van der Waals surface area contributed by atoms with Crippen LogP contribution in [-0.2, 0) is 6.54 Å². The number of rotatable bonds is 6. The van der Waals surface area contributed by atoms with Crippen molar-refractivity contribution >= 4 is 0 Å². The first-order chi connectivity index (χ1) is 10.1. The Labute approximate surface area is 128 Å². The van der Waals surface area contributed by atoms with Gasteiger partial charge in [-0.15, -0.1) is 0 Å². The molecule has 2 unspecified atom stereocenters. The van der Waals surface area contributed by atoms with Gasteiger partial charge in [-0.05, 0) is 56.8 Å². The maximum Gasteiger partial charge on any atom is 0.123 e. The van der Waals surface area contributed by atoms with E-state index in [2.05, 4.69) is 17.9 Å². The molecule has 1 aromatic carbocycles. The molecular weight excluding hydrogens is 262 g/mol. The first-order valence-electron chi connectivity index (χ1n) is 8.30. The fourth-order valence-corrected chi connectivity index (χ4v) is 3.15. The largest absolute Gasteiger partial charge is 0.494 e. The van der Waals surface area contributed by atoms with Crippen LogP contribution in [0.2, 0.25) is 0 Å². The Balaban J connectivity index is 2.14. The molecule has 118 valence electrons. The number of benzene rings is 1. The average Bonchev–Trinajstić information content (AvgIpc) is 2.49. The molecule has 3 heteroatoms. The number of aliphatic hydroxyl groups excluding tert-OH is 1. The van der Waals surface area contributed by atoms with Gasteiger partial charge in [0, 0.05) is 18.7 Å². The van der Waals surface area contributed by atoms with Crippen molar-refractivity contribution in [3.8, 4) is 5.75 Å². The average molecular weight is 291 g/mol. The second-order valence-corrected chi connectivity index (χ2v) is 6.13. The summed E-state index contributed by atoms with van der Waals surface area (Å²) in [5, 5.41) is 9.80. The highest BCUT2D eigenvalue weighted by atomic mass is 16.5. The van der Waals surface area contributed by atoms with Crippen molar-refractivity contribution in [3.63, 3.8) is 0 Å². The number of piperidine rings is 1. The van der Waals surface area contributed by atoms with Gasteiger partial charge in [-0.1, -0.05) is 19.4 Å². The fourth-order valence-electron chi connectivity index (χ4n) is 3.15. The molecule has 0 radical (unpaired) electrons. The summed E-state index contributed by atoms with van der Waals surface area (Å²) in [5.74, 6) is 1.79. The van der Waals surface area contributed by atoms with E-state index in [0.717, 1.165) is 23.8 Å². The Hall–Kier alpha value is -1.06. The van der Waals surface area contributed by atoms with Gasteiger partial charge in [0.05, 0.1) is 12.7 Å². The molecule has 1 aliphatic rings. The minimum atomic E-state index is -0.427. The van der Waals surface area contributed by atoms with Crippen molar-refractivity contribution in [1.82, 2.24) is 4.90 Å². The van der Waals surface area contributed by atoms with Crippen molar-refractivity contribution < 1.29 is 9.84 Å². The lowest BCUT2D eigenvalue weighted by molar-refractivity contribution is 0.162. The Kier molecular flexibility index (Phi) is 6.07. The summed E-state index contributed by atoms with van der Waals surface area (Å²) < 4.78 is 5.76. The van der Waals surface area contributed by atoms with E-state index in [1.165, 1.54) is 37.9 Å². The standard InChI is InChI=1S/C18H29NO2/c1-4-15-7-6-10-19(12-15)13-17-11-16(14(3)20)8-9-18(17)21-5-2/h8-9,11,14-15,20H,4-7,10,12-13H2,1-3H3. The van der Waals surface area contributed by atoms with Gasteiger partial charge in [-0.25, -0.2) is 0 Å². The number of hydrogen-bond acceptors (Lipinski definition) is 3. The number of likely N-dealkylation sites (tertiary alicyclic amines) is 1. The molecule has 1 heterocycles. The Morgan fingerprint density at radius 3 is 2.86 bits per heavy atom. The van der Waals surface area contributed by atoms with Crippen LogP contribution in [0.25, 0.3) is 0 Å². The van der Waals surface area contributed by atoms with Crippen LogP contribution in [-0.4, -0.2) is 29.7 Å². The molecule has 1 fully saturated rings. The molecule has 0 amide bonds. The first-order valence-corrected chi connectivity index (χ1v) is 8.30. The van der Waals surface area contributed by atoms with Crippen LogP contribution in [0.3, 0.4) is 0 Å². The first kappa shape index (κ1) is 16.3. The molecule has 1 aromatic rings. The van der Waals surface area contributed by atoms with Gasteiger partial charge in [-0.3, -0.25) is 4.90 Å². The van der Waals surface area contributed by atoms with Crippen LogP contribution in [0, 0.1) is 5.92 Å². The van der Waals surface area contributed by atoms with Crippen molar-refractivity contribution in [2.24, 2.45) is 5.92 Å². The Bertz CT molecular complexity index is 445. The SMILES string of the molecule is CCOc1ccc(C(C)O)cc1CN1CCCC(CC)C1. The van der Waals surface area contributed by atoms with E-state index in [-0.39, 0.29) is 0 Å². The van der Waals surface area contributed by atoms with Gasteiger partial charge in [-0.2, -0.15) is 0 Å². The van der Waals surface area contributed by atoms with Crippen molar-refractivity contribution in [1.29, 1.82) is 0 Å². The highest BCUT2D eigenvalue weighted by Crippen LogP contribution is 2.27. The number of ether oxygens (including phenoxy) is 1. The van der Waals surface area contributed by atoms with E-state index in [0.29, 0.717) is 6.61 Å². The normalized spacial score (nSPS) is 21.2. The van der Waals surface area contributed by atoms with Crippen LogP contribution < -0.4 is 4.74 Å². The topological polar surface area (TPSA) is 32.7 Å². The summed E-state index contributed by atoms with van der Waals surface area (Å²) in [4.78, 5) is 2.53. The van der Waals surface area contributed by atoms with Gasteiger partial charge in [0.2, 0.25) is 0 Å². The van der Waals surface area contributed by atoms with Gasteiger partial charge in [0.15, 0.2) is 0 Å². The van der Waals surface area contributed by atoms with Gasteiger partial charge in [0.25, 0.3) is 0 Å². The summed E-state index contributed by atoms with van der Waals surface area (Å²) in [7, 11) is 0. The van der Waals surface area contributed by atoms with E-state index < -0.39 is 6.10 Å². The Morgan fingerprint density at radius 2 is 2.19 bits per heavy atom. The van der Waals surface area contributed by atoms with E-state index >= 15 is 0 Å². The molecule has 1 aliphatic heterocycles. The fraction of sp³-hybridized carbons (Fsp3) is 0.667. The molecule has 2 atom stereocenters. The lowest BCUT2D eigenvalue weighted by Gasteiger charge is -2.32. The quantitative estimate of drug-likeness (QED) is 0.866. The van der Waals surface area contributed by atoms with Crippen molar-refractivity contribution in [2.45, 2.75) is 52.7 Å². The number of aliphatic hydroxyl groups is 1. The summed E-state index contributed by atoms with van der Waals surface area (Å²) in [6, 6.07) is 6.07. The van der Waals surface area contributed by atoms with Crippen LogP contribution >= 0.6 is 0 Å². The third-order valence-electron chi connectivity index (χ3n) is 4.44. The van der Waals surface area contributed by atoms with E-state index in [9.17, 15) is 5.11 Å². The monoisotopic (exact) mass is 291 g/mol. The van der Waals surface area contributed by atoms with Crippen LogP contribution in [0.4, 0.5) is 0 Å². The van der Waals surface area contributed by atoms with Crippen LogP contribution in [0.5, 0.6) is 5.75 Å². The molecule has 0 spiro atoms. The maximum atomic E-state index is 9.80. The molecule has 0 saturated carbocycles. The predicted molar refractivity (Wildman–Crippen MR) is 86.5 cm³/mol. The second-order valence-electron chi connectivity index (χ2n) is 6.13. The zero-order valence-corrected chi connectivity index (χ0v) is 13.6. The molecule has 1 N–H and O–H groups in total. The smallest absolute Gasteiger partial charge is 0.123 e. The van der Waals surface area contributed by atoms with Crippen molar-refractivity contribution in [2.75, 3.05) is 19.7 Å². The highest BCUT2D eigenvalue weighted by Gasteiger charge is 2.20. The Morgan fingerprint density at radius 1 is 1.38 bits per heavy atom. The molecule has 21 heavy (non-hydrogen) atoms. The van der Waals surface area contributed by atoms with Gasteiger partial charge in [0.1, 0.15) is 5.75 Å². The minimum Gasteiger partial charge on any atom is -0.494 e. The highest BCUT2D eigenvalue weighted by molar-refractivity contribution is 5.38. The molecule has 3 nitrogen and oxygen atoms in total. The van der Waals surface area contributed by atoms with E-state index in [1.54, 1.807) is 0 Å². The van der Waals surface area contributed by atoms with Crippen LogP contribution in [0.15, 0.2) is 18.2 Å². The zero-order chi connectivity index (χ0) is 15.2. The third-order valence-corrected chi connectivity index (χ3v) is 4.44. The summed E-state index contributed by atoms with van der Waals surface area (Å²) in [6.45, 7) is 10.1. The number of nitrogens with zero attached hydrogens (tertiary/aromatic N) is 1. The van der Waals surface area contributed by atoms with Crippen LogP contribution in [0.1, 0.15) is 57.3 Å². The van der Waals surface area contributed by atoms with Gasteiger partial charge < -0.3 is 9.84 Å². The molecule has 0 bridgehead atoms. The van der Waals surface area contributed by atoms with Gasteiger partial charge >= 0.3 is 0 Å².